The van der Waals surface area contributed by atoms with E-state index in [1.54, 1.807) is 4.68 Å². The zero-order chi connectivity index (χ0) is 16.1. The van der Waals surface area contributed by atoms with Crippen LogP contribution in [-0.2, 0) is 4.74 Å². The molecule has 2 aromatic rings. The summed E-state index contributed by atoms with van der Waals surface area (Å²) in [6.07, 6.45) is 1.68. The van der Waals surface area contributed by atoms with Gasteiger partial charge in [-0.05, 0) is 42.8 Å². The number of nitrogens with zero attached hydrogens (tertiary/aromatic N) is 5. The Balaban J connectivity index is 1.47. The molecule has 23 heavy (non-hydrogen) atoms. The monoisotopic (exact) mass is 316 g/mol. The fourth-order valence-corrected chi connectivity index (χ4v) is 3.01. The molecule has 124 valence electrons. The van der Waals surface area contributed by atoms with E-state index >= 15 is 0 Å². The van der Waals surface area contributed by atoms with Crippen LogP contribution in [0.15, 0.2) is 30.3 Å². The van der Waals surface area contributed by atoms with E-state index < -0.39 is 0 Å². The minimum Gasteiger partial charge on any atom is -0.373 e. The number of para-hydroxylation sites is 1. The minimum absolute atomic E-state index is 0.317. The number of hydrogen-bond acceptors (Lipinski definition) is 6. The van der Waals surface area contributed by atoms with Gasteiger partial charge in [0.05, 0.1) is 17.9 Å². The number of tetrazole rings is 1. The van der Waals surface area contributed by atoms with E-state index in [0.29, 0.717) is 18.2 Å². The highest BCUT2D eigenvalue weighted by Gasteiger charge is 2.21. The Labute approximate surface area is 136 Å². The molecule has 0 spiro atoms. The number of aromatic nitrogens is 4. The van der Waals surface area contributed by atoms with E-state index in [1.165, 1.54) is 0 Å². The first-order chi connectivity index (χ1) is 11.2. The molecule has 1 N–H and O–H groups in total. The molecule has 0 bridgehead atoms. The molecule has 1 aliphatic rings. The van der Waals surface area contributed by atoms with Crippen molar-refractivity contribution in [3.8, 4) is 5.69 Å². The van der Waals surface area contributed by atoms with Crippen LogP contribution in [-0.4, -0.2) is 63.5 Å². The number of hydrogen-bond donors (Lipinski definition) is 1. The lowest BCUT2D eigenvalue weighted by Crippen LogP contribution is -2.45. The van der Waals surface area contributed by atoms with Crippen molar-refractivity contribution in [1.29, 1.82) is 0 Å². The molecule has 7 heteroatoms. The molecule has 1 aliphatic heterocycles. The molecule has 1 aromatic carbocycles. The zero-order valence-corrected chi connectivity index (χ0v) is 13.7. The number of morpholine rings is 1. The maximum absolute atomic E-state index is 5.76. The summed E-state index contributed by atoms with van der Waals surface area (Å²) in [5.74, 6) is 0.680. The summed E-state index contributed by atoms with van der Waals surface area (Å²) in [4.78, 5) is 2.46. The molecule has 1 fully saturated rings. The highest BCUT2D eigenvalue weighted by molar-refractivity contribution is 5.38. The van der Waals surface area contributed by atoms with Gasteiger partial charge in [0.1, 0.15) is 0 Å². The summed E-state index contributed by atoms with van der Waals surface area (Å²) in [5, 5.41) is 15.2. The standard InChI is InChI=1S/C16H24N6O/c1-13-11-21(12-14(2)23-13)10-6-9-17-16-18-19-20-22(16)15-7-4-3-5-8-15/h3-5,7-8,13-14H,6,9-12H2,1-2H3,(H,17,18,20)/t13-,14+. The fraction of sp³-hybridized carbons (Fsp3) is 0.562. The summed E-state index contributed by atoms with van der Waals surface area (Å²) in [6.45, 7) is 8.17. The third kappa shape index (κ3) is 4.27. The van der Waals surface area contributed by atoms with Gasteiger partial charge in [-0.1, -0.05) is 23.3 Å². The van der Waals surface area contributed by atoms with Crippen molar-refractivity contribution in [1.82, 2.24) is 25.1 Å². The third-order valence-electron chi connectivity index (χ3n) is 3.90. The highest BCUT2D eigenvalue weighted by atomic mass is 16.5. The SMILES string of the molecule is C[C@@H]1CN(CCCNc2nnnn2-c2ccccc2)C[C@H](C)O1. The quantitative estimate of drug-likeness (QED) is 0.816. The van der Waals surface area contributed by atoms with Gasteiger partial charge >= 0.3 is 0 Å². The van der Waals surface area contributed by atoms with E-state index in [9.17, 15) is 0 Å². The van der Waals surface area contributed by atoms with Crippen LogP contribution in [0.5, 0.6) is 0 Å². The molecule has 1 aromatic heterocycles. The van der Waals surface area contributed by atoms with Gasteiger partial charge in [-0.3, -0.25) is 4.90 Å². The van der Waals surface area contributed by atoms with E-state index in [0.717, 1.165) is 38.3 Å². The van der Waals surface area contributed by atoms with Crippen LogP contribution in [0, 0.1) is 0 Å². The van der Waals surface area contributed by atoms with Crippen molar-refractivity contribution in [2.24, 2.45) is 0 Å². The Morgan fingerprint density at radius 1 is 1.17 bits per heavy atom. The second-order valence-electron chi connectivity index (χ2n) is 6.05. The number of nitrogens with one attached hydrogen (secondary N) is 1. The molecule has 0 radical (unpaired) electrons. The minimum atomic E-state index is 0.317. The first-order valence-corrected chi connectivity index (χ1v) is 8.18. The smallest absolute Gasteiger partial charge is 0.247 e. The fourth-order valence-electron chi connectivity index (χ4n) is 3.01. The van der Waals surface area contributed by atoms with Crippen LogP contribution in [0.25, 0.3) is 5.69 Å². The average Bonchev–Trinajstić information content (AvgIpc) is 3.00. The van der Waals surface area contributed by atoms with Crippen molar-refractivity contribution >= 4 is 5.95 Å². The first-order valence-electron chi connectivity index (χ1n) is 8.18. The number of ether oxygens (including phenoxy) is 1. The molecule has 0 saturated carbocycles. The van der Waals surface area contributed by atoms with E-state index in [2.05, 4.69) is 39.6 Å². The van der Waals surface area contributed by atoms with Crippen molar-refractivity contribution in [3.63, 3.8) is 0 Å². The lowest BCUT2D eigenvalue weighted by Gasteiger charge is -2.35. The maximum atomic E-state index is 5.76. The summed E-state index contributed by atoms with van der Waals surface area (Å²) < 4.78 is 7.48. The van der Waals surface area contributed by atoms with Gasteiger partial charge in [0, 0.05) is 26.2 Å². The lowest BCUT2D eigenvalue weighted by molar-refractivity contribution is -0.0678. The van der Waals surface area contributed by atoms with E-state index in [1.807, 2.05) is 30.3 Å². The molecule has 1 saturated heterocycles. The van der Waals surface area contributed by atoms with Gasteiger partial charge in [-0.2, -0.15) is 4.68 Å². The van der Waals surface area contributed by atoms with Crippen LogP contribution in [0.1, 0.15) is 20.3 Å². The number of anilines is 1. The third-order valence-corrected chi connectivity index (χ3v) is 3.90. The second kappa shape index (κ2) is 7.52. The Kier molecular flexibility index (Phi) is 5.19. The van der Waals surface area contributed by atoms with Crippen LogP contribution in [0.3, 0.4) is 0 Å². The van der Waals surface area contributed by atoms with Crippen LogP contribution >= 0.6 is 0 Å². The Morgan fingerprint density at radius 2 is 1.91 bits per heavy atom. The van der Waals surface area contributed by atoms with Crippen molar-refractivity contribution < 1.29 is 4.74 Å². The molecular weight excluding hydrogens is 292 g/mol. The molecular formula is C16H24N6O. The van der Waals surface area contributed by atoms with Crippen LogP contribution in [0.2, 0.25) is 0 Å². The molecule has 0 unspecified atom stereocenters. The molecule has 0 aliphatic carbocycles. The maximum Gasteiger partial charge on any atom is 0.247 e. The number of rotatable bonds is 6. The highest BCUT2D eigenvalue weighted by Crippen LogP contribution is 2.12. The van der Waals surface area contributed by atoms with Crippen molar-refractivity contribution in [2.75, 3.05) is 31.5 Å². The van der Waals surface area contributed by atoms with Gasteiger partial charge in [-0.25, -0.2) is 0 Å². The summed E-state index contributed by atoms with van der Waals surface area (Å²) in [7, 11) is 0. The van der Waals surface area contributed by atoms with Gasteiger partial charge in [0.25, 0.3) is 0 Å². The zero-order valence-electron chi connectivity index (χ0n) is 13.7. The Morgan fingerprint density at radius 3 is 2.65 bits per heavy atom. The average molecular weight is 316 g/mol. The normalized spacial score (nSPS) is 22.2. The topological polar surface area (TPSA) is 68.1 Å². The Bertz CT molecular complexity index is 592. The van der Waals surface area contributed by atoms with E-state index in [4.69, 9.17) is 4.74 Å². The van der Waals surface area contributed by atoms with Crippen LogP contribution in [0.4, 0.5) is 5.95 Å². The molecule has 2 heterocycles. The summed E-state index contributed by atoms with van der Waals surface area (Å²) in [5.41, 5.74) is 0.954. The first kappa shape index (κ1) is 15.9. The van der Waals surface area contributed by atoms with Gasteiger partial charge < -0.3 is 10.1 Å². The predicted octanol–water partition coefficient (Wildman–Crippen LogP) is 1.57. The van der Waals surface area contributed by atoms with Crippen LogP contribution < -0.4 is 5.32 Å². The van der Waals surface area contributed by atoms with E-state index in [-0.39, 0.29) is 0 Å². The largest absolute Gasteiger partial charge is 0.373 e. The molecule has 0 amide bonds. The summed E-state index contributed by atoms with van der Waals surface area (Å²) >= 11 is 0. The lowest BCUT2D eigenvalue weighted by atomic mass is 10.2. The number of benzene rings is 1. The predicted molar refractivity (Wildman–Crippen MR) is 88.7 cm³/mol. The molecule has 2 atom stereocenters. The molecule has 7 nitrogen and oxygen atoms in total. The molecule has 3 rings (SSSR count). The van der Waals surface area contributed by atoms with Gasteiger partial charge in [-0.15, -0.1) is 0 Å². The Hall–Kier alpha value is -1.99. The van der Waals surface area contributed by atoms with Crippen molar-refractivity contribution in [2.45, 2.75) is 32.5 Å². The second-order valence-corrected chi connectivity index (χ2v) is 6.05. The van der Waals surface area contributed by atoms with Crippen molar-refractivity contribution in [3.05, 3.63) is 30.3 Å². The summed E-state index contributed by atoms with van der Waals surface area (Å²) in [6, 6.07) is 9.89. The van der Waals surface area contributed by atoms with Gasteiger partial charge in [0.2, 0.25) is 5.95 Å². The van der Waals surface area contributed by atoms with Gasteiger partial charge in [0.15, 0.2) is 0 Å².